The van der Waals surface area contributed by atoms with Crippen LogP contribution in [0.5, 0.6) is 0 Å². The van der Waals surface area contributed by atoms with E-state index in [0.717, 1.165) is 10.5 Å². The van der Waals surface area contributed by atoms with Crippen molar-refractivity contribution in [1.82, 2.24) is 15.2 Å². The number of para-hydroxylation sites is 1. The number of hydrogen-bond acceptors (Lipinski definition) is 4. The third-order valence-corrected chi connectivity index (χ3v) is 5.07. The Kier molecular flexibility index (Phi) is 4.76. The van der Waals surface area contributed by atoms with Gasteiger partial charge in [0.25, 0.3) is 0 Å². The molecular weight excluding hydrogens is 322 g/mol. The van der Waals surface area contributed by atoms with E-state index in [1.807, 2.05) is 0 Å². The fourth-order valence-corrected chi connectivity index (χ4v) is 3.77. The maximum Gasteiger partial charge on any atom is 0.324 e. The Morgan fingerprint density at radius 1 is 1.33 bits per heavy atom. The number of fused-ring (bicyclic) bond motifs is 1. The van der Waals surface area contributed by atoms with E-state index in [9.17, 15) is 9.59 Å². The average molecular weight is 343 g/mol. The van der Waals surface area contributed by atoms with Crippen LogP contribution in [0.25, 0.3) is 10.9 Å². The SMILES string of the molecule is Cc1cc(SCCN2C(=O)CNC2=O)nc2c(C(C)C)cccc12. The topological polar surface area (TPSA) is 62.3 Å². The number of imide groups is 1. The van der Waals surface area contributed by atoms with Crippen molar-refractivity contribution in [3.63, 3.8) is 0 Å². The van der Waals surface area contributed by atoms with Gasteiger partial charge in [0.05, 0.1) is 17.1 Å². The Hall–Kier alpha value is -2.08. The number of thioether (sulfide) groups is 1. The zero-order chi connectivity index (χ0) is 17.3. The van der Waals surface area contributed by atoms with Gasteiger partial charge in [-0.2, -0.15) is 0 Å². The fourth-order valence-electron chi connectivity index (χ4n) is 2.87. The Morgan fingerprint density at radius 3 is 2.79 bits per heavy atom. The number of carbonyl (C=O) groups is 2. The first-order chi connectivity index (χ1) is 11.5. The van der Waals surface area contributed by atoms with Crippen molar-refractivity contribution in [2.75, 3.05) is 18.8 Å². The number of nitrogens with zero attached hydrogens (tertiary/aromatic N) is 2. The molecule has 5 nitrogen and oxygen atoms in total. The quantitative estimate of drug-likeness (QED) is 0.668. The summed E-state index contributed by atoms with van der Waals surface area (Å²) in [6.45, 7) is 6.94. The minimum Gasteiger partial charge on any atom is -0.329 e. The molecule has 0 saturated carbocycles. The average Bonchev–Trinajstić information content (AvgIpc) is 2.86. The highest BCUT2D eigenvalue weighted by atomic mass is 32.2. The number of amides is 3. The Morgan fingerprint density at radius 2 is 2.12 bits per heavy atom. The number of pyridine rings is 1. The van der Waals surface area contributed by atoms with Gasteiger partial charge >= 0.3 is 6.03 Å². The fraction of sp³-hybridized carbons (Fsp3) is 0.389. The van der Waals surface area contributed by atoms with Crippen LogP contribution in [0.2, 0.25) is 0 Å². The van der Waals surface area contributed by atoms with E-state index in [-0.39, 0.29) is 18.5 Å². The first kappa shape index (κ1) is 16.8. The molecule has 1 aliphatic rings. The molecule has 0 unspecified atom stereocenters. The molecule has 1 fully saturated rings. The smallest absolute Gasteiger partial charge is 0.324 e. The summed E-state index contributed by atoms with van der Waals surface area (Å²) in [6.07, 6.45) is 0. The molecule has 3 amide bonds. The van der Waals surface area contributed by atoms with Crippen LogP contribution in [-0.4, -0.2) is 40.7 Å². The molecular formula is C18H21N3O2S. The number of benzene rings is 1. The molecule has 1 aromatic carbocycles. The lowest BCUT2D eigenvalue weighted by Crippen LogP contribution is -2.32. The zero-order valence-corrected chi connectivity index (χ0v) is 14.9. The number of aromatic nitrogens is 1. The first-order valence-corrected chi connectivity index (χ1v) is 9.07. The Labute approximate surface area is 145 Å². The van der Waals surface area contributed by atoms with Gasteiger partial charge in [-0.15, -0.1) is 11.8 Å². The van der Waals surface area contributed by atoms with E-state index in [0.29, 0.717) is 18.2 Å². The highest BCUT2D eigenvalue weighted by Crippen LogP contribution is 2.29. The molecule has 0 spiro atoms. The van der Waals surface area contributed by atoms with Crippen LogP contribution in [0.15, 0.2) is 29.3 Å². The predicted molar refractivity (Wildman–Crippen MR) is 96.4 cm³/mol. The molecule has 2 aromatic rings. The Balaban J connectivity index is 1.79. The molecule has 1 saturated heterocycles. The number of carbonyl (C=O) groups excluding carboxylic acids is 2. The number of urea groups is 1. The van der Waals surface area contributed by atoms with E-state index < -0.39 is 0 Å². The molecule has 2 heterocycles. The molecule has 6 heteroatoms. The van der Waals surface area contributed by atoms with Crippen molar-refractivity contribution in [1.29, 1.82) is 0 Å². The lowest BCUT2D eigenvalue weighted by atomic mass is 9.98. The monoisotopic (exact) mass is 343 g/mol. The Bertz CT molecular complexity index is 788. The van der Waals surface area contributed by atoms with Crippen molar-refractivity contribution in [3.05, 3.63) is 35.4 Å². The summed E-state index contributed by atoms with van der Waals surface area (Å²) in [5.74, 6) is 0.887. The van der Waals surface area contributed by atoms with Gasteiger partial charge < -0.3 is 5.32 Å². The van der Waals surface area contributed by atoms with Crippen LogP contribution in [0, 0.1) is 6.92 Å². The standard InChI is InChI=1S/C18H21N3O2S/c1-11(2)13-5-4-6-14-12(3)9-15(20-17(13)14)24-8-7-21-16(22)10-19-18(21)23/h4-6,9,11H,7-8,10H2,1-3H3,(H,19,23). The van der Waals surface area contributed by atoms with Gasteiger partial charge in [-0.3, -0.25) is 9.69 Å². The molecule has 0 atom stereocenters. The maximum atomic E-state index is 11.6. The van der Waals surface area contributed by atoms with Crippen molar-refractivity contribution >= 4 is 34.6 Å². The van der Waals surface area contributed by atoms with Gasteiger partial charge in [-0.1, -0.05) is 32.0 Å². The van der Waals surface area contributed by atoms with Gasteiger partial charge in [0.15, 0.2) is 0 Å². The largest absolute Gasteiger partial charge is 0.329 e. The van der Waals surface area contributed by atoms with E-state index >= 15 is 0 Å². The molecule has 0 aliphatic carbocycles. The summed E-state index contributed by atoms with van der Waals surface area (Å²) in [6, 6.07) is 8.08. The normalized spacial score (nSPS) is 14.8. The summed E-state index contributed by atoms with van der Waals surface area (Å²) in [4.78, 5) is 29.2. The zero-order valence-electron chi connectivity index (χ0n) is 14.1. The van der Waals surface area contributed by atoms with Crippen molar-refractivity contribution in [2.45, 2.75) is 31.7 Å². The van der Waals surface area contributed by atoms with Gasteiger partial charge in [0, 0.05) is 17.7 Å². The maximum absolute atomic E-state index is 11.6. The minimum absolute atomic E-state index is 0.106. The molecule has 0 bridgehead atoms. The van der Waals surface area contributed by atoms with Crippen LogP contribution in [-0.2, 0) is 4.79 Å². The first-order valence-electron chi connectivity index (χ1n) is 8.08. The summed E-state index contributed by atoms with van der Waals surface area (Å²) in [7, 11) is 0. The molecule has 0 radical (unpaired) electrons. The summed E-state index contributed by atoms with van der Waals surface area (Å²) >= 11 is 1.58. The lowest BCUT2D eigenvalue weighted by molar-refractivity contribution is -0.124. The lowest BCUT2D eigenvalue weighted by Gasteiger charge is -2.14. The second kappa shape index (κ2) is 6.81. The highest BCUT2D eigenvalue weighted by molar-refractivity contribution is 7.99. The molecule has 24 heavy (non-hydrogen) atoms. The van der Waals surface area contributed by atoms with E-state index in [2.05, 4.69) is 50.4 Å². The van der Waals surface area contributed by atoms with Crippen LogP contribution in [0.1, 0.15) is 30.9 Å². The highest BCUT2D eigenvalue weighted by Gasteiger charge is 2.27. The van der Waals surface area contributed by atoms with Gasteiger partial charge in [0.1, 0.15) is 0 Å². The minimum atomic E-state index is -0.301. The van der Waals surface area contributed by atoms with Gasteiger partial charge in [0.2, 0.25) is 5.91 Å². The summed E-state index contributed by atoms with van der Waals surface area (Å²) in [5, 5.41) is 4.64. The molecule has 1 N–H and O–H groups in total. The number of aryl methyl sites for hydroxylation is 1. The summed E-state index contributed by atoms with van der Waals surface area (Å²) in [5.41, 5.74) is 3.48. The summed E-state index contributed by atoms with van der Waals surface area (Å²) < 4.78 is 0. The molecule has 3 rings (SSSR count). The molecule has 126 valence electrons. The van der Waals surface area contributed by atoms with Crippen molar-refractivity contribution in [2.24, 2.45) is 0 Å². The predicted octanol–water partition coefficient (Wildman–Crippen LogP) is 3.31. The van der Waals surface area contributed by atoms with Crippen molar-refractivity contribution in [3.8, 4) is 0 Å². The van der Waals surface area contributed by atoms with Gasteiger partial charge in [-0.05, 0) is 30.0 Å². The van der Waals surface area contributed by atoms with Crippen LogP contribution < -0.4 is 5.32 Å². The second-order valence-electron chi connectivity index (χ2n) is 6.23. The van der Waals surface area contributed by atoms with Gasteiger partial charge in [-0.25, -0.2) is 9.78 Å². The number of nitrogens with one attached hydrogen (secondary N) is 1. The third kappa shape index (κ3) is 3.24. The van der Waals surface area contributed by atoms with E-state index in [4.69, 9.17) is 4.98 Å². The third-order valence-electron chi connectivity index (χ3n) is 4.18. The van der Waals surface area contributed by atoms with Crippen LogP contribution in [0.3, 0.4) is 0 Å². The van der Waals surface area contributed by atoms with E-state index in [1.54, 1.807) is 11.8 Å². The van der Waals surface area contributed by atoms with Crippen molar-refractivity contribution < 1.29 is 9.59 Å². The van der Waals surface area contributed by atoms with Crippen LogP contribution in [0.4, 0.5) is 4.79 Å². The number of rotatable bonds is 5. The molecule has 1 aromatic heterocycles. The van der Waals surface area contributed by atoms with Crippen LogP contribution >= 0.6 is 11.8 Å². The number of hydrogen-bond donors (Lipinski definition) is 1. The van der Waals surface area contributed by atoms with E-state index in [1.165, 1.54) is 21.4 Å². The molecule has 1 aliphatic heterocycles. The second-order valence-corrected chi connectivity index (χ2v) is 7.34.